The zero-order valence-electron chi connectivity index (χ0n) is 19.2. The first-order valence-electron chi connectivity index (χ1n) is 12.1. The number of aromatic nitrogens is 2. The van der Waals surface area contributed by atoms with Crippen LogP contribution < -0.4 is 15.5 Å². The number of phenols is 1. The SMILES string of the molecule is O=CN1CC2(CCNCC2)OC[C@H]1N1CCN2c3cc(-c4ccccc4O)nnc3NCC2C1. The molecule has 1 aromatic heterocycles. The van der Waals surface area contributed by atoms with Gasteiger partial charge in [-0.05, 0) is 44.1 Å². The number of rotatable bonds is 3. The van der Waals surface area contributed by atoms with Crippen molar-refractivity contribution >= 4 is 17.9 Å². The second kappa shape index (κ2) is 8.68. The molecule has 1 unspecified atom stereocenters. The van der Waals surface area contributed by atoms with Crippen LogP contribution in [0.4, 0.5) is 11.5 Å². The number of hydrogen-bond donors (Lipinski definition) is 3. The fraction of sp³-hybridized carbons (Fsp3) is 0.542. The Morgan fingerprint density at radius 3 is 2.85 bits per heavy atom. The summed E-state index contributed by atoms with van der Waals surface area (Å²) in [7, 11) is 0. The fourth-order valence-corrected chi connectivity index (χ4v) is 5.84. The molecule has 2 aromatic rings. The molecular formula is C24H31N7O3. The molecule has 3 fully saturated rings. The number of benzene rings is 1. The molecule has 1 aromatic carbocycles. The largest absolute Gasteiger partial charge is 0.507 e. The minimum atomic E-state index is -0.201. The maximum Gasteiger partial charge on any atom is 0.211 e. The Morgan fingerprint density at radius 2 is 2.03 bits per heavy atom. The van der Waals surface area contributed by atoms with Crippen LogP contribution >= 0.6 is 0 Å². The summed E-state index contributed by atoms with van der Waals surface area (Å²) in [6.07, 6.45) is 2.86. The first-order valence-corrected chi connectivity index (χ1v) is 12.1. The summed E-state index contributed by atoms with van der Waals surface area (Å²) in [5.74, 6) is 0.965. The highest BCUT2D eigenvalue weighted by atomic mass is 16.5. The number of morpholine rings is 1. The number of anilines is 2. The minimum absolute atomic E-state index is 0.0334. The van der Waals surface area contributed by atoms with Crippen molar-refractivity contribution in [3.63, 3.8) is 0 Å². The van der Waals surface area contributed by atoms with Crippen molar-refractivity contribution in [1.29, 1.82) is 0 Å². The number of hydrogen-bond acceptors (Lipinski definition) is 9. The molecule has 1 amide bonds. The molecule has 0 saturated carbocycles. The van der Waals surface area contributed by atoms with Gasteiger partial charge < -0.3 is 30.3 Å². The molecule has 180 valence electrons. The average Bonchev–Trinajstić information content (AvgIpc) is 2.88. The lowest BCUT2D eigenvalue weighted by Gasteiger charge is -2.53. The van der Waals surface area contributed by atoms with E-state index in [1.807, 2.05) is 23.1 Å². The number of phenolic OH excluding ortho intramolecular Hbond substituents is 1. The number of carbonyl (C=O) groups excluding carboxylic acids is 1. The number of piperidine rings is 1. The molecule has 0 radical (unpaired) electrons. The van der Waals surface area contributed by atoms with Gasteiger partial charge in [0.15, 0.2) is 5.82 Å². The van der Waals surface area contributed by atoms with Crippen LogP contribution in [0.2, 0.25) is 0 Å². The molecular weight excluding hydrogens is 434 g/mol. The molecule has 34 heavy (non-hydrogen) atoms. The molecule has 10 heteroatoms. The third-order valence-electron chi connectivity index (χ3n) is 7.75. The van der Waals surface area contributed by atoms with Gasteiger partial charge in [-0.3, -0.25) is 9.69 Å². The van der Waals surface area contributed by atoms with Crippen LogP contribution in [0.1, 0.15) is 12.8 Å². The number of amides is 1. The summed E-state index contributed by atoms with van der Waals surface area (Å²) in [6.45, 7) is 6.34. The monoisotopic (exact) mass is 465 g/mol. The Bertz CT molecular complexity index is 1060. The lowest BCUT2D eigenvalue weighted by Crippen LogP contribution is -2.68. The van der Waals surface area contributed by atoms with Gasteiger partial charge in [0, 0.05) is 31.7 Å². The van der Waals surface area contributed by atoms with Crippen molar-refractivity contribution in [3.8, 4) is 17.0 Å². The summed E-state index contributed by atoms with van der Waals surface area (Å²) in [5.41, 5.74) is 2.13. The Morgan fingerprint density at radius 1 is 1.18 bits per heavy atom. The van der Waals surface area contributed by atoms with E-state index in [9.17, 15) is 9.90 Å². The Labute approximate surface area is 198 Å². The van der Waals surface area contributed by atoms with Crippen molar-refractivity contribution < 1.29 is 14.6 Å². The van der Waals surface area contributed by atoms with Gasteiger partial charge >= 0.3 is 0 Å². The van der Waals surface area contributed by atoms with Gasteiger partial charge in [0.05, 0.1) is 36.2 Å². The van der Waals surface area contributed by atoms with Crippen LogP contribution in [-0.4, -0.2) is 102 Å². The summed E-state index contributed by atoms with van der Waals surface area (Å²) >= 11 is 0. The molecule has 5 heterocycles. The van der Waals surface area contributed by atoms with E-state index in [-0.39, 0.29) is 23.6 Å². The van der Waals surface area contributed by atoms with Gasteiger partial charge in [-0.15, -0.1) is 10.2 Å². The second-order valence-electron chi connectivity index (χ2n) is 9.71. The molecule has 0 aliphatic carbocycles. The van der Waals surface area contributed by atoms with E-state index in [0.717, 1.165) is 70.0 Å². The van der Waals surface area contributed by atoms with Crippen LogP contribution in [0, 0.1) is 0 Å². The lowest BCUT2D eigenvalue weighted by molar-refractivity contribution is -0.181. The van der Waals surface area contributed by atoms with Gasteiger partial charge in [0.1, 0.15) is 11.9 Å². The highest BCUT2D eigenvalue weighted by Gasteiger charge is 2.44. The zero-order chi connectivity index (χ0) is 23.1. The van der Waals surface area contributed by atoms with Crippen molar-refractivity contribution in [2.24, 2.45) is 0 Å². The Balaban J connectivity index is 1.19. The summed E-state index contributed by atoms with van der Waals surface area (Å²) in [5, 5.41) is 25.8. The van der Waals surface area contributed by atoms with Gasteiger partial charge in [-0.2, -0.15) is 0 Å². The zero-order valence-corrected chi connectivity index (χ0v) is 19.2. The van der Waals surface area contributed by atoms with Crippen LogP contribution in [0.15, 0.2) is 30.3 Å². The van der Waals surface area contributed by atoms with Crippen LogP contribution in [0.25, 0.3) is 11.3 Å². The number of nitrogens with one attached hydrogen (secondary N) is 2. The first-order chi connectivity index (χ1) is 16.7. The normalized spacial score (nSPS) is 26.5. The van der Waals surface area contributed by atoms with E-state index < -0.39 is 0 Å². The third kappa shape index (κ3) is 3.75. The third-order valence-corrected chi connectivity index (χ3v) is 7.75. The van der Waals surface area contributed by atoms with Crippen molar-refractivity contribution in [2.75, 3.05) is 62.6 Å². The van der Waals surface area contributed by atoms with Crippen LogP contribution in [0.5, 0.6) is 5.75 Å². The average molecular weight is 466 g/mol. The second-order valence-corrected chi connectivity index (χ2v) is 9.71. The van der Waals surface area contributed by atoms with Gasteiger partial charge in [-0.25, -0.2) is 0 Å². The predicted octanol–water partition coefficient (Wildman–Crippen LogP) is 0.702. The molecule has 6 rings (SSSR count). The molecule has 1 spiro atoms. The number of aromatic hydroxyl groups is 1. The quantitative estimate of drug-likeness (QED) is 0.565. The van der Waals surface area contributed by atoms with Gasteiger partial charge in [0.2, 0.25) is 6.41 Å². The maximum atomic E-state index is 12.1. The van der Waals surface area contributed by atoms with E-state index in [2.05, 4.69) is 30.6 Å². The Hall–Kier alpha value is -2.95. The highest BCUT2D eigenvalue weighted by molar-refractivity contribution is 5.76. The molecule has 4 aliphatic rings. The fourth-order valence-electron chi connectivity index (χ4n) is 5.84. The summed E-state index contributed by atoms with van der Waals surface area (Å²) in [6, 6.07) is 9.44. The van der Waals surface area contributed by atoms with Crippen LogP contribution in [-0.2, 0) is 9.53 Å². The van der Waals surface area contributed by atoms with Crippen molar-refractivity contribution in [3.05, 3.63) is 30.3 Å². The van der Waals surface area contributed by atoms with E-state index in [0.29, 0.717) is 24.4 Å². The van der Waals surface area contributed by atoms with Crippen molar-refractivity contribution in [1.82, 2.24) is 25.3 Å². The summed E-state index contributed by atoms with van der Waals surface area (Å²) in [4.78, 5) is 18.8. The predicted molar refractivity (Wildman–Crippen MR) is 128 cm³/mol. The number of ether oxygens (including phenoxy) is 1. The minimum Gasteiger partial charge on any atom is -0.507 e. The number of piperazine rings is 1. The standard InChI is InChI=1S/C24H31N7O3/c32-16-30-15-24(5-7-25-8-6-24)34-14-22(30)29-9-10-31-17(13-29)12-26-23-20(31)11-19(27-28-23)18-3-1-2-4-21(18)33/h1-4,11,16-17,22,25,33H,5-10,12-15H2,(H,26,28)/t17?,22-/m0/s1. The van der Waals surface area contributed by atoms with E-state index in [1.54, 1.807) is 12.1 Å². The van der Waals surface area contributed by atoms with Gasteiger partial charge in [0.25, 0.3) is 0 Å². The smallest absolute Gasteiger partial charge is 0.211 e. The maximum absolute atomic E-state index is 12.1. The van der Waals surface area contributed by atoms with E-state index in [4.69, 9.17) is 4.74 Å². The van der Waals surface area contributed by atoms with E-state index >= 15 is 0 Å². The molecule has 3 N–H and O–H groups in total. The molecule has 10 nitrogen and oxygen atoms in total. The summed E-state index contributed by atoms with van der Waals surface area (Å²) < 4.78 is 6.42. The first kappa shape index (κ1) is 21.6. The number of fused-ring (bicyclic) bond motifs is 3. The lowest BCUT2D eigenvalue weighted by atomic mass is 9.90. The number of para-hydroxylation sites is 1. The van der Waals surface area contributed by atoms with Crippen molar-refractivity contribution in [2.45, 2.75) is 30.7 Å². The van der Waals surface area contributed by atoms with Crippen LogP contribution in [0.3, 0.4) is 0 Å². The molecule has 3 saturated heterocycles. The topological polar surface area (TPSA) is 106 Å². The highest BCUT2D eigenvalue weighted by Crippen LogP contribution is 2.37. The number of nitrogens with zero attached hydrogens (tertiary/aromatic N) is 5. The van der Waals surface area contributed by atoms with Gasteiger partial charge in [-0.1, -0.05) is 12.1 Å². The molecule has 0 bridgehead atoms. The number of carbonyl (C=O) groups is 1. The Kier molecular flexibility index (Phi) is 5.51. The molecule has 2 atom stereocenters. The van der Waals surface area contributed by atoms with E-state index in [1.165, 1.54) is 0 Å². The molecule has 4 aliphatic heterocycles.